The van der Waals surface area contributed by atoms with Crippen molar-refractivity contribution in [3.05, 3.63) is 54.2 Å². The summed E-state index contributed by atoms with van der Waals surface area (Å²) in [7, 11) is 3.96. The highest BCUT2D eigenvalue weighted by Crippen LogP contribution is 2.27. The van der Waals surface area contributed by atoms with Gasteiger partial charge in [-0.05, 0) is 55.5 Å². The molecule has 31 heavy (non-hydrogen) atoms. The minimum atomic E-state index is -0.312. The van der Waals surface area contributed by atoms with E-state index < -0.39 is 0 Å². The fourth-order valence-electron chi connectivity index (χ4n) is 3.34. The Hall–Kier alpha value is -2.70. The molecule has 0 bridgehead atoms. The van der Waals surface area contributed by atoms with E-state index in [-0.39, 0.29) is 6.03 Å². The minimum absolute atomic E-state index is 0.312. The first-order valence-electron chi connectivity index (χ1n) is 10.0. The van der Waals surface area contributed by atoms with Gasteiger partial charge in [-0.3, -0.25) is 4.98 Å². The lowest BCUT2D eigenvalue weighted by Gasteiger charge is -2.23. The van der Waals surface area contributed by atoms with Crippen LogP contribution in [0.25, 0.3) is 10.9 Å². The molecule has 8 heteroatoms. The van der Waals surface area contributed by atoms with Crippen LogP contribution in [-0.2, 0) is 0 Å². The molecule has 0 radical (unpaired) electrons. The predicted molar refractivity (Wildman–Crippen MR) is 134 cm³/mol. The number of rotatable bonds is 8. The number of aryl methyl sites for hydroxylation is 1. The van der Waals surface area contributed by atoms with Gasteiger partial charge in [0.25, 0.3) is 0 Å². The number of anilines is 4. The molecule has 1 aromatic heterocycles. The van der Waals surface area contributed by atoms with Crippen LogP contribution in [0.4, 0.5) is 27.5 Å². The first-order valence-corrected chi connectivity index (χ1v) is 11.1. The molecule has 2 aromatic carbocycles. The van der Waals surface area contributed by atoms with E-state index in [1.807, 2.05) is 74.4 Å². The average Bonchev–Trinajstić information content (AvgIpc) is 2.73. The summed E-state index contributed by atoms with van der Waals surface area (Å²) in [4.78, 5) is 21.4. The number of nitrogens with one attached hydrogen (secondary N) is 2. The first kappa shape index (κ1) is 23.0. The highest BCUT2D eigenvalue weighted by Gasteiger charge is 2.11. The van der Waals surface area contributed by atoms with Gasteiger partial charge in [0.1, 0.15) is 0 Å². The first-order chi connectivity index (χ1) is 14.9. The maximum Gasteiger partial charge on any atom is 0.323 e. The summed E-state index contributed by atoms with van der Waals surface area (Å²) in [5.74, 6) is 1.04. The number of hydrogen-bond acceptors (Lipinski definition) is 4. The van der Waals surface area contributed by atoms with Crippen molar-refractivity contribution in [2.24, 2.45) is 0 Å². The summed E-state index contributed by atoms with van der Waals surface area (Å²) in [5, 5.41) is 6.74. The standard InChI is InChI=1S/C23H27Cl2N5O/c1-16-14-22(20-15-19(29(2)3)8-9-21(20)26-16)28-23(31)27-17-4-6-18(7-5-17)30(12-10-24)13-11-25/h4-9,14-15H,10-13H2,1-3H3,(H2,26,27,28,31). The Bertz CT molecular complexity index is 1030. The Labute approximate surface area is 193 Å². The van der Waals surface area contributed by atoms with Crippen molar-refractivity contribution < 1.29 is 4.79 Å². The summed E-state index contributed by atoms with van der Waals surface area (Å²) in [6, 6.07) is 15.2. The van der Waals surface area contributed by atoms with Gasteiger partial charge in [-0.1, -0.05) is 0 Å². The topological polar surface area (TPSA) is 60.5 Å². The second-order valence-corrected chi connectivity index (χ2v) is 8.15. The van der Waals surface area contributed by atoms with Crippen molar-refractivity contribution in [2.75, 3.05) is 59.4 Å². The van der Waals surface area contributed by atoms with Gasteiger partial charge in [0.15, 0.2) is 0 Å². The normalized spacial score (nSPS) is 10.7. The molecule has 0 fully saturated rings. The number of carbonyl (C=O) groups excluding carboxylic acids is 1. The van der Waals surface area contributed by atoms with Gasteiger partial charge in [0, 0.05) is 67.1 Å². The molecule has 3 rings (SSSR count). The summed E-state index contributed by atoms with van der Waals surface area (Å²) in [6.45, 7) is 3.34. The maximum absolute atomic E-state index is 12.7. The molecule has 0 aliphatic rings. The van der Waals surface area contributed by atoms with Crippen LogP contribution in [0.15, 0.2) is 48.5 Å². The van der Waals surface area contributed by atoms with Crippen LogP contribution in [0.3, 0.4) is 0 Å². The van der Waals surface area contributed by atoms with Crippen molar-refractivity contribution in [2.45, 2.75) is 6.92 Å². The molecule has 164 valence electrons. The largest absolute Gasteiger partial charge is 0.378 e. The van der Waals surface area contributed by atoms with Gasteiger partial charge in [0.05, 0.1) is 11.2 Å². The molecule has 6 nitrogen and oxygen atoms in total. The van der Waals surface area contributed by atoms with Crippen LogP contribution in [0, 0.1) is 6.92 Å². The third-order valence-electron chi connectivity index (χ3n) is 4.88. The molecule has 3 aromatic rings. The second kappa shape index (κ2) is 10.6. The van der Waals surface area contributed by atoms with Gasteiger partial charge in [-0.2, -0.15) is 0 Å². The predicted octanol–water partition coefficient (Wildman–Crippen LogP) is 5.54. The third-order valence-corrected chi connectivity index (χ3v) is 5.22. The molecule has 0 aliphatic carbocycles. The number of pyridine rings is 1. The highest BCUT2D eigenvalue weighted by molar-refractivity contribution is 6.18. The van der Waals surface area contributed by atoms with E-state index >= 15 is 0 Å². The summed E-state index contributed by atoms with van der Waals surface area (Å²) in [5.41, 5.74) is 5.14. The fourth-order valence-corrected chi connectivity index (χ4v) is 3.75. The Morgan fingerprint density at radius 2 is 1.58 bits per heavy atom. The molecule has 0 atom stereocenters. The van der Waals surface area contributed by atoms with Crippen molar-refractivity contribution >= 4 is 62.9 Å². The maximum atomic E-state index is 12.7. The number of alkyl halides is 2. The van der Waals surface area contributed by atoms with Crippen LogP contribution in [-0.4, -0.2) is 50.0 Å². The molecule has 0 spiro atoms. The molecular formula is C23H27Cl2N5O. The van der Waals surface area contributed by atoms with Gasteiger partial charge >= 0.3 is 6.03 Å². The van der Waals surface area contributed by atoms with Crippen LogP contribution >= 0.6 is 23.2 Å². The van der Waals surface area contributed by atoms with Crippen molar-refractivity contribution in [1.29, 1.82) is 0 Å². The quantitative estimate of drug-likeness (QED) is 0.434. The van der Waals surface area contributed by atoms with Crippen molar-refractivity contribution in [3.8, 4) is 0 Å². The third kappa shape index (κ3) is 5.93. The summed E-state index contributed by atoms with van der Waals surface area (Å²) < 4.78 is 0. The number of amides is 2. The van der Waals surface area contributed by atoms with E-state index in [9.17, 15) is 4.79 Å². The Kier molecular flexibility index (Phi) is 7.82. The number of carbonyl (C=O) groups is 1. The van der Waals surface area contributed by atoms with Gasteiger partial charge in [0.2, 0.25) is 0 Å². The molecule has 0 unspecified atom stereocenters. The number of urea groups is 1. The average molecular weight is 460 g/mol. The zero-order chi connectivity index (χ0) is 22.4. The lowest BCUT2D eigenvalue weighted by Crippen LogP contribution is -2.27. The fraction of sp³-hybridized carbons (Fsp3) is 0.304. The number of halogens is 2. The summed E-state index contributed by atoms with van der Waals surface area (Å²) in [6.07, 6.45) is 0. The monoisotopic (exact) mass is 459 g/mol. The molecule has 0 aliphatic heterocycles. The Morgan fingerprint density at radius 3 is 2.19 bits per heavy atom. The van der Waals surface area contributed by atoms with E-state index in [1.54, 1.807) is 0 Å². The molecule has 2 N–H and O–H groups in total. The highest BCUT2D eigenvalue weighted by atomic mass is 35.5. The number of aromatic nitrogens is 1. The zero-order valence-corrected chi connectivity index (χ0v) is 19.5. The van der Waals surface area contributed by atoms with Crippen molar-refractivity contribution in [3.63, 3.8) is 0 Å². The van der Waals surface area contributed by atoms with Gasteiger partial charge in [-0.25, -0.2) is 4.79 Å². The van der Waals surface area contributed by atoms with Crippen LogP contribution in [0.1, 0.15) is 5.69 Å². The van der Waals surface area contributed by atoms with Crippen LogP contribution < -0.4 is 20.4 Å². The van der Waals surface area contributed by atoms with E-state index in [1.165, 1.54) is 0 Å². The molecule has 0 saturated heterocycles. The smallest absolute Gasteiger partial charge is 0.323 e. The van der Waals surface area contributed by atoms with E-state index in [4.69, 9.17) is 23.2 Å². The Morgan fingerprint density at radius 1 is 0.935 bits per heavy atom. The van der Waals surface area contributed by atoms with Crippen molar-refractivity contribution in [1.82, 2.24) is 4.98 Å². The SMILES string of the molecule is Cc1cc(NC(=O)Nc2ccc(N(CCCl)CCCl)cc2)c2cc(N(C)C)ccc2n1. The lowest BCUT2D eigenvalue weighted by atomic mass is 10.1. The Balaban J connectivity index is 1.76. The number of nitrogens with zero attached hydrogens (tertiary/aromatic N) is 3. The van der Waals surface area contributed by atoms with E-state index in [0.717, 1.165) is 33.7 Å². The van der Waals surface area contributed by atoms with E-state index in [0.29, 0.717) is 30.5 Å². The van der Waals surface area contributed by atoms with Gasteiger partial charge < -0.3 is 20.4 Å². The minimum Gasteiger partial charge on any atom is -0.378 e. The lowest BCUT2D eigenvalue weighted by molar-refractivity contribution is 0.262. The number of benzene rings is 2. The van der Waals surface area contributed by atoms with Crippen LogP contribution in [0.5, 0.6) is 0 Å². The van der Waals surface area contributed by atoms with E-state index in [2.05, 4.69) is 20.5 Å². The zero-order valence-electron chi connectivity index (χ0n) is 18.0. The van der Waals surface area contributed by atoms with Crippen LogP contribution in [0.2, 0.25) is 0 Å². The molecular weight excluding hydrogens is 433 g/mol. The molecule has 0 saturated carbocycles. The van der Waals surface area contributed by atoms with Gasteiger partial charge in [-0.15, -0.1) is 23.2 Å². The summed E-state index contributed by atoms with van der Waals surface area (Å²) >= 11 is 11.8. The number of hydrogen-bond donors (Lipinski definition) is 2. The second-order valence-electron chi connectivity index (χ2n) is 7.40. The molecule has 2 amide bonds. The molecule has 1 heterocycles. The number of fused-ring (bicyclic) bond motifs is 1.